The summed E-state index contributed by atoms with van der Waals surface area (Å²) < 4.78 is 18.4. The van der Waals surface area contributed by atoms with Gasteiger partial charge in [-0.1, -0.05) is 31.3 Å². The van der Waals surface area contributed by atoms with Gasteiger partial charge in [-0.2, -0.15) is 5.21 Å². The summed E-state index contributed by atoms with van der Waals surface area (Å²) in [6, 6.07) is 11.3. The predicted molar refractivity (Wildman–Crippen MR) is 131 cm³/mol. The van der Waals surface area contributed by atoms with Crippen molar-refractivity contribution in [1.82, 2.24) is 20.6 Å². The second kappa shape index (κ2) is 11.0. The maximum Gasteiger partial charge on any atom is 0.272 e. The van der Waals surface area contributed by atoms with Gasteiger partial charge in [-0.05, 0) is 60.5 Å². The van der Waals surface area contributed by atoms with Gasteiger partial charge < -0.3 is 14.2 Å². The quantitative estimate of drug-likeness (QED) is 0.263. The third kappa shape index (κ3) is 5.45. The number of rotatable bonds is 11. The van der Waals surface area contributed by atoms with E-state index in [0.717, 1.165) is 27.8 Å². The first kappa shape index (κ1) is 23.5. The molecule has 0 spiro atoms. The summed E-state index contributed by atoms with van der Waals surface area (Å²) in [5.74, 6) is 2.22. The highest BCUT2D eigenvalue weighted by molar-refractivity contribution is 7.21. The number of hydrogen-bond donors (Lipinski definition) is 2. The Labute approximate surface area is 201 Å². The molecule has 0 aliphatic rings. The molecule has 0 aliphatic heterocycles. The monoisotopic (exact) mass is 481 g/mol. The fourth-order valence-corrected chi connectivity index (χ4v) is 4.59. The molecule has 4 rings (SSSR count). The van der Waals surface area contributed by atoms with Crippen LogP contribution < -0.4 is 19.5 Å². The Balaban J connectivity index is 1.59. The van der Waals surface area contributed by atoms with Crippen molar-refractivity contribution in [2.24, 2.45) is 0 Å². The van der Waals surface area contributed by atoms with Crippen molar-refractivity contribution in [3.8, 4) is 23.0 Å². The first-order valence-electron chi connectivity index (χ1n) is 11.2. The van der Waals surface area contributed by atoms with Crippen molar-refractivity contribution in [3.63, 3.8) is 0 Å². The number of amides is 1. The first-order valence-corrected chi connectivity index (χ1v) is 12.0. The number of carbonyl (C=O) groups excluding carboxylic acids is 1. The molecule has 0 radical (unpaired) electrons. The Bertz CT molecular complexity index is 1240. The summed E-state index contributed by atoms with van der Waals surface area (Å²) in [4.78, 5) is 13.4. The molecular formula is C24H27N5O4S. The van der Waals surface area contributed by atoms with Gasteiger partial charge in [0.15, 0.2) is 5.75 Å². The van der Waals surface area contributed by atoms with E-state index in [0.29, 0.717) is 28.7 Å². The summed E-state index contributed by atoms with van der Waals surface area (Å²) in [6.45, 7) is 4.83. The van der Waals surface area contributed by atoms with Crippen LogP contribution in [0.1, 0.15) is 47.8 Å². The largest absolute Gasteiger partial charge is 0.496 e. The number of fused-ring (bicyclic) bond motifs is 1. The Morgan fingerprint density at radius 2 is 1.91 bits per heavy atom. The molecule has 2 N–H and O–H groups in total. The number of ether oxygens (including phenoxy) is 3. The number of aryl methyl sites for hydroxylation is 1. The van der Waals surface area contributed by atoms with E-state index in [2.05, 4.69) is 32.9 Å². The van der Waals surface area contributed by atoms with Gasteiger partial charge in [0.2, 0.25) is 0 Å². The molecule has 0 saturated carbocycles. The normalized spacial score (nSPS) is 10.9. The van der Waals surface area contributed by atoms with Crippen molar-refractivity contribution < 1.29 is 19.0 Å². The summed E-state index contributed by atoms with van der Waals surface area (Å²) in [7, 11) is 1.62. The number of benzene rings is 2. The molecule has 10 heteroatoms. The first-order chi connectivity index (χ1) is 16.6. The molecule has 1 amide bonds. The van der Waals surface area contributed by atoms with E-state index in [9.17, 15) is 4.79 Å². The van der Waals surface area contributed by atoms with Crippen molar-refractivity contribution in [2.75, 3.05) is 19.0 Å². The Morgan fingerprint density at radius 1 is 1.12 bits per heavy atom. The molecule has 178 valence electrons. The molecule has 2 aromatic heterocycles. The van der Waals surface area contributed by atoms with E-state index >= 15 is 0 Å². The van der Waals surface area contributed by atoms with Gasteiger partial charge >= 0.3 is 0 Å². The number of nitrogens with zero attached hydrogens (tertiary/aromatic N) is 3. The molecule has 0 atom stereocenters. The van der Waals surface area contributed by atoms with Crippen LogP contribution in [0.2, 0.25) is 0 Å². The molecule has 0 aliphatic carbocycles. The number of anilines is 1. The summed E-state index contributed by atoms with van der Waals surface area (Å²) in [5, 5.41) is 16.8. The van der Waals surface area contributed by atoms with Crippen LogP contribution >= 0.6 is 11.3 Å². The highest BCUT2D eigenvalue weighted by atomic mass is 32.1. The van der Waals surface area contributed by atoms with Gasteiger partial charge in [0.1, 0.15) is 22.1 Å². The van der Waals surface area contributed by atoms with Gasteiger partial charge in [-0.15, -0.1) is 16.4 Å². The number of aromatic amines is 1. The number of hydrogen-bond acceptors (Lipinski definition) is 8. The maximum absolute atomic E-state index is 13.0. The minimum atomic E-state index is -0.388. The lowest BCUT2D eigenvalue weighted by Gasteiger charge is -2.10. The van der Waals surface area contributed by atoms with Crippen molar-refractivity contribution in [3.05, 3.63) is 46.8 Å². The Morgan fingerprint density at radius 3 is 2.62 bits per heavy atom. The second-order valence-corrected chi connectivity index (χ2v) is 8.80. The number of methoxy groups -OCH3 is 1. The van der Waals surface area contributed by atoms with Crippen LogP contribution in [0, 0.1) is 6.92 Å². The van der Waals surface area contributed by atoms with Crippen LogP contribution in [-0.4, -0.2) is 40.2 Å². The average Bonchev–Trinajstić information content (AvgIpc) is 3.47. The summed E-state index contributed by atoms with van der Waals surface area (Å²) >= 11 is 1.32. The molecule has 9 nitrogen and oxygen atoms in total. The number of unbranched alkanes of at least 4 members (excludes halogenated alkanes) is 3. The van der Waals surface area contributed by atoms with E-state index in [-0.39, 0.29) is 11.9 Å². The molecule has 0 unspecified atom stereocenters. The fraction of sp³-hybridized carbons (Fsp3) is 0.333. The van der Waals surface area contributed by atoms with Crippen molar-refractivity contribution >= 4 is 33.3 Å². The zero-order valence-corrected chi connectivity index (χ0v) is 20.2. The number of carbonyl (C=O) groups is 1. The maximum atomic E-state index is 13.0. The highest BCUT2D eigenvalue weighted by Gasteiger charge is 2.23. The van der Waals surface area contributed by atoms with Crippen LogP contribution in [0.5, 0.6) is 23.0 Å². The molecular weight excluding hydrogens is 454 g/mol. The van der Waals surface area contributed by atoms with Crippen LogP contribution in [0.25, 0.3) is 10.1 Å². The zero-order valence-electron chi connectivity index (χ0n) is 19.4. The summed E-state index contributed by atoms with van der Waals surface area (Å²) in [5.41, 5.74) is 0.966. The Hall–Kier alpha value is -3.66. The highest BCUT2D eigenvalue weighted by Crippen LogP contribution is 2.43. The minimum absolute atomic E-state index is 0.0857. The average molecular weight is 482 g/mol. The molecule has 2 aromatic carbocycles. The number of nitrogens with one attached hydrogen (secondary N) is 2. The zero-order chi connectivity index (χ0) is 23.9. The predicted octanol–water partition coefficient (Wildman–Crippen LogP) is 5.74. The van der Waals surface area contributed by atoms with Crippen LogP contribution in [0.3, 0.4) is 0 Å². The van der Waals surface area contributed by atoms with E-state index in [4.69, 9.17) is 14.2 Å². The van der Waals surface area contributed by atoms with E-state index in [1.807, 2.05) is 43.3 Å². The van der Waals surface area contributed by atoms with Gasteiger partial charge in [0.25, 0.3) is 11.9 Å². The second-order valence-electron chi connectivity index (χ2n) is 7.75. The lowest BCUT2D eigenvalue weighted by molar-refractivity contribution is 0.102. The van der Waals surface area contributed by atoms with Gasteiger partial charge in [-0.25, -0.2) is 0 Å². The number of aromatic nitrogens is 4. The van der Waals surface area contributed by atoms with Crippen LogP contribution in [-0.2, 0) is 0 Å². The molecule has 0 saturated heterocycles. The Kier molecular flexibility index (Phi) is 7.58. The topological polar surface area (TPSA) is 111 Å². The van der Waals surface area contributed by atoms with Crippen molar-refractivity contribution in [1.29, 1.82) is 0 Å². The third-order valence-corrected chi connectivity index (χ3v) is 6.38. The van der Waals surface area contributed by atoms with E-state index < -0.39 is 0 Å². The fourth-order valence-electron chi connectivity index (χ4n) is 3.49. The van der Waals surface area contributed by atoms with Gasteiger partial charge in [0, 0.05) is 10.1 Å². The smallest absolute Gasteiger partial charge is 0.272 e. The molecule has 4 aromatic rings. The summed E-state index contributed by atoms with van der Waals surface area (Å²) in [6.07, 6.45) is 4.62. The number of tetrazole rings is 1. The molecule has 2 heterocycles. The van der Waals surface area contributed by atoms with Crippen LogP contribution in [0.15, 0.2) is 36.4 Å². The molecule has 0 bridgehead atoms. The van der Waals surface area contributed by atoms with Gasteiger partial charge in [-0.3, -0.25) is 10.1 Å². The minimum Gasteiger partial charge on any atom is -0.496 e. The van der Waals surface area contributed by atoms with Crippen molar-refractivity contribution in [2.45, 2.75) is 39.5 Å². The molecule has 0 fully saturated rings. The SMILES string of the molecule is CCCCCCOc1ccc(Oc2c(C(=O)Nc3nn[nH]n3)sc3cc(C)c(OC)cc23)cc1. The lowest BCUT2D eigenvalue weighted by atomic mass is 10.1. The van der Waals surface area contributed by atoms with Crippen LogP contribution in [0.4, 0.5) is 5.95 Å². The van der Waals surface area contributed by atoms with E-state index in [1.165, 1.54) is 30.6 Å². The van der Waals surface area contributed by atoms with E-state index in [1.54, 1.807) is 7.11 Å². The number of H-pyrrole nitrogens is 1. The standard InChI is InChI=1S/C24H27N5O4S/c1-4-5-6-7-12-32-16-8-10-17(11-9-16)33-21-18-14-19(31-3)15(2)13-20(18)34-22(21)23(30)25-24-26-28-29-27-24/h8-11,13-14H,4-7,12H2,1-3H3,(H2,25,26,27,28,29,30). The lowest BCUT2D eigenvalue weighted by Crippen LogP contribution is -2.12. The number of thiophene rings is 1. The molecule has 34 heavy (non-hydrogen) atoms. The third-order valence-electron chi connectivity index (χ3n) is 5.25. The van der Waals surface area contributed by atoms with Gasteiger partial charge in [0.05, 0.1) is 13.7 Å².